The lowest BCUT2D eigenvalue weighted by molar-refractivity contribution is -0.114. The Balaban J connectivity index is 1.85. The molecule has 3 heteroatoms. The van der Waals surface area contributed by atoms with Gasteiger partial charge in [-0.05, 0) is 47.2 Å². The summed E-state index contributed by atoms with van der Waals surface area (Å²) >= 11 is 0. The molecule has 122 valence electrons. The van der Waals surface area contributed by atoms with Gasteiger partial charge in [0.15, 0.2) is 0 Å². The van der Waals surface area contributed by atoms with E-state index in [1.807, 2.05) is 24.3 Å². The Bertz CT molecular complexity index is 628. The SMILES string of the molecule is CC(C)c1ccc(NCC(=O)Nc2ccc(C(C)C)cc2)cc1. The van der Waals surface area contributed by atoms with Crippen LogP contribution in [0.4, 0.5) is 11.4 Å². The maximum atomic E-state index is 12.0. The number of carbonyl (C=O) groups excluding carboxylic acids is 1. The molecular formula is C20H26N2O. The molecule has 3 nitrogen and oxygen atoms in total. The van der Waals surface area contributed by atoms with Crippen molar-refractivity contribution < 1.29 is 4.79 Å². The van der Waals surface area contributed by atoms with E-state index in [0.29, 0.717) is 11.8 Å². The van der Waals surface area contributed by atoms with Gasteiger partial charge in [0.05, 0.1) is 6.54 Å². The maximum Gasteiger partial charge on any atom is 0.243 e. The molecule has 0 fully saturated rings. The van der Waals surface area contributed by atoms with Gasteiger partial charge in [0.2, 0.25) is 5.91 Å². The Labute approximate surface area is 139 Å². The zero-order chi connectivity index (χ0) is 16.8. The van der Waals surface area contributed by atoms with E-state index in [1.165, 1.54) is 11.1 Å². The third-order valence-electron chi connectivity index (χ3n) is 3.89. The Morgan fingerprint density at radius 3 is 1.65 bits per heavy atom. The molecule has 0 aliphatic heterocycles. The molecule has 0 spiro atoms. The minimum atomic E-state index is -0.0461. The molecule has 0 radical (unpaired) electrons. The smallest absolute Gasteiger partial charge is 0.243 e. The van der Waals surface area contributed by atoms with Crippen LogP contribution < -0.4 is 10.6 Å². The van der Waals surface area contributed by atoms with Gasteiger partial charge in [-0.3, -0.25) is 4.79 Å². The second-order valence-corrected chi connectivity index (χ2v) is 6.46. The molecule has 0 unspecified atom stereocenters. The first-order valence-electron chi connectivity index (χ1n) is 8.19. The number of benzene rings is 2. The number of carbonyl (C=O) groups is 1. The molecule has 2 aromatic rings. The van der Waals surface area contributed by atoms with Gasteiger partial charge in [0.25, 0.3) is 0 Å². The molecule has 0 aromatic heterocycles. The standard InChI is InChI=1S/C20H26N2O/c1-14(2)16-5-9-18(10-6-16)21-13-20(23)22-19-11-7-17(8-12-19)15(3)4/h5-12,14-15,21H,13H2,1-4H3,(H,22,23). The van der Waals surface area contributed by atoms with Crippen molar-refractivity contribution in [3.63, 3.8) is 0 Å². The number of anilines is 2. The van der Waals surface area contributed by atoms with Gasteiger partial charge in [-0.2, -0.15) is 0 Å². The average molecular weight is 310 g/mol. The summed E-state index contributed by atoms with van der Waals surface area (Å²) in [6.45, 7) is 8.90. The highest BCUT2D eigenvalue weighted by molar-refractivity contribution is 5.93. The van der Waals surface area contributed by atoms with Crippen LogP contribution in [0.15, 0.2) is 48.5 Å². The van der Waals surface area contributed by atoms with Crippen LogP contribution >= 0.6 is 0 Å². The first-order chi connectivity index (χ1) is 11.0. The Morgan fingerprint density at radius 2 is 1.22 bits per heavy atom. The van der Waals surface area contributed by atoms with Gasteiger partial charge in [0, 0.05) is 11.4 Å². The summed E-state index contributed by atoms with van der Waals surface area (Å²) in [7, 11) is 0. The summed E-state index contributed by atoms with van der Waals surface area (Å²) in [5.74, 6) is 0.964. The second kappa shape index (κ2) is 7.82. The summed E-state index contributed by atoms with van der Waals surface area (Å²) in [5.41, 5.74) is 4.35. The van der Waals surface area contributed by atoms with Crippen molar-refractivity contribution in [1.29, 1.82) is 0 Å². The van der Waals surface area contributed by atoms with Crippen molar-refractivity contribution in [1.82, 2.24) is 0 Å². The zero-order valence-electron chi connectivity index (χ0n) is 14.4. The fourth-order valence-electron chi connectivity index (χ4n) is 2.32. The number of hydrogen-bond acceptors (Lipinski definition) is 2. The topological polar surface area (TPSA) is 41.1 Å². The van der Waals surface area contributed by atoms with Crippen molar-refractivity contribution >= 4 is 17.3 Å². The Morgan fingerprint density at radius 1 is 0.783 bits per heavy atom. The molecule has 23 heavy (non-hydrogen) atoms. The largest absolute Gasteiger partial charge is 0.376 e. The van der Waals surface area contributed by atoms with Crippen LogP contribution in [0.5, 0.6) is 0 Å². The summed E-state index contributed by atoms with van der Waals surface area (Å²) in [6.07, 6.45) is 0. The molecule has 0 atom stereocenters. The van der Waals surface area contributed by atoms with E-state index in [-0.39, 0.29) is 12.5 Å². The summed E-state index contributed by atoms with van der Waals surface area (Å²) in [6, 6.07) is 16.2. The number of nitrogens with one attached hydrogen (secondary N) is 2. The predicted molar refractivity (Wildman–Crippen MR) is 98.2 cm³/mol. The number of amides is 1. The third kappa shape index (κ3) is 5.13. The molecular weight excluding hydrogens is 284 g/mol. The minimum Gasteiger partial charge on any atom is -0.376 e. The van der Waals surface area contributed by atoms with Gasteiger partial charge in [-0.15, -0.1) is 0 Å². The lowest BCUT2D eigenvalue weighted by Crippen LogP contribution is -2.21. The van der Waals surface area contributed by atoms with Crippen molar-refractivity contribution in [2.45, 2.75) is 39.5 Å². The Hall–Kier alpha value is -2.29. The minimum absolute atomic E-state index is 0.0461. The molecule has 0 aliphatic rings. The molecule has 1 amide bonds. The molecule has 2 aromatic carbocycles. The van der Waals surface area contributed by atoms with Crippen molar-refractivity contribution in [3.05, 3.63) is 59.7 Å². The monoisotopic (exact) mass is 310 g/mol. The molecule has 0 saturated carbocycles. The summed E-state index contributed by atoms with van der Waals surface area (Å²) in [4.78, 5) is 12.0. The van der Waals surface area contributed by atoms with Gasteiger partial charge in [0.1, 0.15) is 0 Å². The van der Waals surface area contributed by atoms with Crippen LogP contribution in [0.2, 0.25) is 0 Å². The van der Waals surface area contributed by atoms with Crippen molar-refractivity contribution in [3.8, 4) is 0 Å². The van der Waals surface area contributed by atoms with E-state index in [9.17, 15) is 4.79 Å². The van der Waals surface area contributed by atoms with Crippen LogP contribution in [-0.2, 0) is 4.79 Å². The zero-order valence-corrected chi connectivity index (χ0v) is 14.4. The number of hydrogen-bond donors (Lipinski definition) is 2. The Kier molecular flexibility index (Phi) is 5.80. The van der Waals surface area contributed by atoms with Crippen molar-refractivity contribution in [2.75, 3.05) is 17.2 Å². The quantitative estimate of drug-likeness (QED) is 0.789. The van der Waals surface area contributed by atoms with E-state index < -0.39 is 0 Å². The van der Waals surface area contributed by atoms with Gasteiger partial charge in [-0.25, -0.2) is 0 Å². The molecule has 0 bridgehead atoms. The van der Waals surface area contributed by atoms with E-state index in [0.717, 1.165) is 11.4 Å². The number of rotatable bonds is 6. The van der Waals surface area contributed by atoms with Crippen LogP contribution in [0.1, 0.15) is 50.7 Å². The summed E-state index contributed by atoms with van der Waals surface area (Å²) in [5, 5.41) is 6.05. The predicted octanol–water partition coefficient (Wildman–Crippen LogP) is 4.98. The van der Waals surface area contributed by atoms with Crippen LogP contribution in [0, 0.1) is 0 Å². The molecule has 0 saturated heterocycles. The molecule has 2 N–H and O–H groups in total. The molecule has 2 rings (SSSR count). The highest BCUT2D eigenvalue weighted by atomic mass is 16.1. The maximum absolute atomic E-state index is 12.0. The fraction of sp³-hybridized carbons (Fsp3) is 0.350. The highest BCUT2D eigenvalue weighted by Gasteiger charge is 2.04. The first-order valence-corrected chi connectivity index (χ1v) is 8.19. The highest BCUT2D eigenvalue weighted by Crippen LogP contribution is 2.18. The normalized spacial score (nSPS) is 10.9. The first kappa shape index (κ1) is 17.1. The van der Waals surface area contributed by atoms with Gasteiger partial charge < -0.3 is 10.6 Å². The lowest BCUT2D eigenvalue weighted by Gasteiger charge is -2.11. The van der Waals surface area contributed by atoms with Gasteiger partial charge in [-0.1, -0.05) is 52.0 Å². The molecule has 0 heterocycles. The lowest BCUT2D eigenvalue weighted by atomic mass is 10.0. The van der Waals surface area contributed by atoms with E-state index in [2.05, 4.69) is 62.6 Å². The van der Waals surface area contributed by atoms with E-state index in [1.54, 1.807) is 0 Å². The average Bonchev–Trinajstić information content (AvgIpc) is 2.54. The summed E-state index contributed by atoms with van der Waals surface area (Å²) < 4.78 is 0. The van der Waals surface area contributed by atoms with Crippen LogP contribution in [0.25, 0.3) is 0 Å². The van der Waals surface area contributed by atoms with E-state index in [4.69, 9.17) is 0 Å². The van der Waals surface area contributed by atoms with Gasteiger partial charge >= 0.3 is 0 Å². The van der Waals surface area contributed by atoms with Crippen LogP contribution in [-0.4, -0.2) is 12.5 Å². The van der Waals surface area contributed by atoms with Crippen molar-refractivity contribution in [2.24, 2.45) is 0 Å². The third-order valence-corrected chi connectivity index (χ3v) is 3.89. The fourth-order valence-corrected chi connectivity index (χ4v) is 2.32. The second-order valence-electron chi connectivity index (χ2n) is 6.46. The van der Waals surface area contributed by atoms with Crippen LogP contribution in [0.3, 0.4) is 0 Å². The molecule has 0 aliphatic carbocycles. The van der Waals surface area contributed by atoms with E-state index >= 15 is 0 Å².